The van der Waals surface area contributed by atoms with E-state index in [1.165, 1.54) is 12.1 Å². The number of carbonyl (C=O) groups is 1. The molecule has 2 aliphatic rings. The van der Waals surface area contributed by atoms with Gasteiger partial charge in [0.25, 0.3) is 0 Å². The summed E-state index contributed by atoms with van der Waals surface area (Å²) in [6, 6.07) is 5.98. The molecule has 7 heteroatoms. The molecule has 6 nitrogen and oxygen atoms in total. The first-order valence-electron chi connectivity index (χ1n) is 8.11. The van der Waals surface area contributed by atoms with E-state index in [0.29, 0.717) is 12.2 Å². The molecule has 2 saturated heterocycles. The molecular weight excluding hydrogens is 311 g/mol. The summed E-state index contributed by atoms with van der Waals surface area (Å²) in [4.78, 5) is 16.4. The Bertz CT molecular complexity index is 660. The zero-order chi connectivity index (χ0) is 17.1. The molecule has 1 aromatic carbocycles. The molecule has 2 amide bonds. The maximum atomic E-state index is 13.6. The van der Waals surface area contributed by atoms with Gasteiger partial charge in [-0.05, 0) is 24.1 Å². The van der Waals surface area contributed by atoms with E-state index >= 15 is 0 Å². The van der Waals surface area contributed by atoms with Crippen LogP contribution in [-0.2, 0) is 11.3 Å². The fourth-order valence-electron chi connectivity index (χ4n) is 3.32. The number of rotatable bonds is 3. The van der Waals surface area contributed by atoms with E-state index in [1.54, 1.807) is 24.1 Å². The zero-order valence-electron chi connectivity index (χ0n) is 13.7. The van der Waals surface area contributed by atoms with Crippen LogP contribution in [0.25, 0.3) is 0 Å². The molecule has 1 N–H and O–H groups in total. The molecule has 0 radical (unpaired) electrons. The van der Waals surface area contributed by atoms with Gasteiger partial charge in [0.15, 0.2) is 0 Å². The molecular formula is C17H21FN4O2. The van der Waals surface area contributed by atoms with Crippen molar-refractivity contribution >= 4 is 6.03 Å². The molecule has 3 rings (SSSR count). The van der Waals surface area contributed by atoms with Gasteiger partial charge >= 0.3 is 6.03 Å². The Morgan fingerprint density at radius 2 is 2.38 bits per heavy atom. The summed E-state index contributed by atoms with van der Waals surface area (Å²) in [6.45, 7) is 3.73. The first-order chi connectivity index (χ1) is 11.6. The maximum absolute atomic E-state index is 13.6. The van der Waals surface area contributed by atoms with E-state index in [1.807, 2.05) is 0 Å². The quantitative estimate of drug-likeness (QED) is 0.906. The van der Waals surface area contributed by atoms with Crippen molar-refractivity contribution in [2.45, 2.75) is 25.1 Å². The molecule has 3 atom stereocenters. The molecule has 0 aromatic heterocycles. The number of amides is 2. The third-order valence-electron chi connectivity index (χ3n) is 4.76. The number of ether oxygens (including phenoxy) is 1. The highest BCUT2D eigenvalue weighted by Crippen LogP contribution is 2.22. The normalized spacial score (nSPS) is 25.6. The van der Waals surface area contributed by atoms with E-state index in [4.69, 9.17) is 10.00 Å². The zero-order valence-corrected chi connectivity index (χ0v) is 13.7. The van der Waals surface area contributed by atoms with Crippen LogP contribution < -0.4 is 5.32 Å². The first kappa shape index (κ1) is 16.7. The summed E-state index contributed by atoms with van der Waals surface area (Å²) >= 11 is 0. The van der Waals surface area contributed by atoms with Crippen molar-refractivity contribution in [2.75, 3.05) is 33.3 Å². The van der Waals surface area contributed by atoms with Crippen LogP contribution >= 0.6 is 0 Å². The van der Waals surface area contributed by atoms with Crippen LogP contribution in [0.1, 0.15) is 17.5 Å². The molecule has 1 aromatic rings. The summed E-state index contributed by atoms with van der Waals surface area (Å²) in [5.74, 6) is -0.569. The van der Waals surface area contributed by atoms with Crippen LogP contribution in [0.5, 0.6) is 0 Å². The predicted molar refractivity (Wildman–Crippen MR) is 85.7 cm³/mol. The standard InChI is InChI=1S/C17H21FN4O2/c1-21(15-4-5-22-6-7-24-16(15)11-22)17(23)20-10-12-2-3-13(9-19)14(18)8-12/h2-3,8,15-16H,4-7,10-11H2,1H3,(H,20,23)/t15-,16-/m0/s1. The number of urea groups is 1. The number of halogens is 1. The number of hydrogen-bond donors (Lipinski definition) is 1. The number of benzene rings is 1. The number of nitrogens with one attached hydrogen (secondary N) is 1. The Kier molecular flexibility index (Phi) is 4.97. The summed E-state index contributed by atoms with van der Waals surface area (Å²) in [7, 11) is 1.77. The lowest BCUT2D eigenvalue weighted by atomic mass is 9.99. The highest BCUT2D eigenvalue weighted by Gasteiger charge is 2.36. The molecule has 2 bridgehead atoms. The summed E-state index contributed by atoms with van der Waals surface area (Å²) < 4.78 is 19.4. The first-order valence-corrected chi connectivity index (χ1v) is 8.11. The Morgan fingerprint density at radius 1 is 1.54 bits per heavy atom. The Hall–Kier alpha value is -2.17. The molecule has 2 fully saturated rings. The molecule has 2 aliphatic heterocycles. The van der Waals surface area contributed by atoms with Gasteiger partial charge in [0.1, 0.15) is 11.9 Å². The lowest BCUT2D eigenvalue weighted by molar-refractivity contribution is -0.0885. The van der Waals surface area contributed by atoms with Crippen molar-refractivity contribution < 1.29 is 13.9 Å². The SMILES string of the molecule is CN(C(=O)NCc1ccc(C#N)c(F)c1)[C@H]1CCN2CCO[C@H]1C2. The van der Waals surface area contributed by atoms with E-state index < -0.39 is 5.82 Å². The number of hydrogen-bond acceptors (Lipinski definition) is 4. The third-order valence-corrected chi connectivity index (χ3v) is 4.76. The average Bonchev–Trinajstić information content (AvgIpc) is 2.59. The van der Waals surface area contributed by atoms with Crippen molar-refractivity contribution in [3.05, 3.63) is 35.1 Å². The summed E-state index contributed by atoms with van der Waals surface area (Å²) in [5, 5.41) is 11.5. The van der Waals surface area contributed by atoms with Gasteiger partial charge in [0, 0.05) is 33.2 Å². The molecule has 128 valence electrons. The van der Waals surface area contributed by atoms with E-state index in [0.717, 1.165) is 26.1 Å². The number of carbonyl (C=O) groups excluding carboxylic acids is 1. The maximum Gasteiger partial charge on any atom is 0.317 e. The molecule has 0 saturated carbocycles. The number of likely N-dealkylation sites (N-methyl/N-ethyl adjacent to an activating group) is 1. The molecule has 2 heterocycles. The second-order valence-electron chi connectivity index (χ2n) is 6.26. The number of piperidine rings is 1. The Balaban J connectivity index is 1.56. The predicted octanol–water partition coefficient (Wildman–Crippen LogP) is 1.31. The number of nitrogens with zero attached hydrogens (tertiary/aromatic N) is 3. The van der Waals surface area contributed by atoms with Gasteiger partial charge in [-0.15, -0.1) is 0 Å². The van der Waals surface area contributed by atoms with Crippen molar-refractivity contribution in [3.63, 3.8) is 0 Å². The topological polar surface area (TPSA) is 68.6 Å². The minimum Gasteiger partial charge on any atom is -0.373 e. The van der Waals surface area contributed by atoms with E-state index in [2.05, 4.69) is 10.2 Å². The Morgan fingerprint density at radius 3 is 3.12 bits per heavy atom. The lowest BCUT2D eigenvalue weighted by Gasteiger charge is -2.45. The minimum atomic E-state index is -0.569. The second kappa shape index (κ2) is 7.16. The second-order valence-corrected chi connectivity index (χ2v) is 6.26. The van der Waals surface area contributed by atoms with Crippen LogP contribution in [0.15, 0.2) is 18.2 Å². The van der Waals surface area contributed by atoms with E-state index in [9.17, 15) is 9.18 Å². The Labute approximate surface area is 140 Å². The van der Waals surface area contributed by atoms with E-state index in [-0.39, 0.29) is 30.3 Å². The molecule has 1 unspecified atom stereocenters. The average molecular weight is 332 g/mol. The van der Waals surface area contributed by atoms with Gasteiger partial charge in [-0.3, -0.25) is 4.90 Å². The third kappa shape index (κ3) is 3.50. The van der Waals surface area contributed by atoms with Crippen molar-refractivity contribution in [1.82, 2.24) is 15.1 Å². The minimum absolute atomic E-state index is 0.00315. The molecule has 0 aliphatic carbocycles. The smallest absolute Gasteiger partial charge is 0.317 e. The van der Waals surface area contributed by atoms with Gasteiger partial charge < -0.3 is 15.0 Å². The highest BCUT2D eigenvalue weighted by atomic mass is 19.1. The van der Waals surface area contributed by atoms with Gasteiger partial charge in [-0.25, -0.2) is 9.18 Å². The number of morpholine rings is 1. The highest BCUT2D eigenvalue weighted by molar-refractivity contribution is 5.74. The largest absolute Gasteiger partial charge is 0.373 e. The lowest BCUT2D eigenvalue weighted by Crippen LogP contribution is -2.60. The van der Waals surface area contributed by atoms with Crippen LogP contribution in [0.3, 0.4) is 0 Å². The molecule has 0 spiro atoms. The summed E-state index contributed by atoms with van der Waals surface area (Å²) in [6.07, 6.45) is 0.940. The van der Waals surface area contributed by atoms with Crippen LogP contribution in [0.2, 0.25) is 0 Å². The van der Waals surface area contributed by atoms with Gasteiger partial charge in [-0.2, -0.15) is 5.26 Å². The van der Waals surface area contributed by atoms with Crippen LogP contribution in [-0.4, -0.2) is 61.3 Å². The van der Waals surface area contributed by atoms with Gasteiger partial charge in [-0.1, -0.05) is 6.07 Å². The van der Waals surface area contributed by atoms with Crippen LogP contribution in [0.4, 0.5) is 9.18 Å². The monoisotopic (exact) mass is 332 g/mol. The summed E-state index contributed by atoms with van der Waals surface area (Å²) in [5.41, 5.74) is 0.625. The number of nitriles is 1. The molecule has 24 heavy (non-hydrogen) atoms. The fourth-order valence-corrected chi connectivity index (χ4v) is 3.32. The van der Waals surface area contributed by atoms with Crippen molar-refractivity contribution in [3.8, 4) is 6.07 Å². The number of fused-ring (bicyclic) bond motifs is 2. The van der Waals surface area contributed by atoms with Crippen molar-refractivity contribution in [2.24, 2.45) is 0 Å². The van der Waals surface area contributed by atoms with Crippen LogP contribution in [0, 0.1) is 17.1 Å². The fraction of sp³-hybridized carbons (Fsp3) is 0.529. The van der Waals surface area contributed by atoms with Crippen molar-refractivity contribution in [1.29, 1.82) is 5.26 Å². The van der Waals surface area contributed by atoms with Gasteiger partial charge in [0.2, 0.25) is 0 Å². The van der Waals surface area contributed by atoms with Gasteiger partial charge in [0.05, 0.1) is 24.3 Å².